The smallest absolute Gasteiger partial charge is 0.408 e. The summed E-state index contributed by atoms with van der Waals surface area (Å²) in [4.78, 5) is 25.1. The molecule has 0 saturated heterocycles. The lowest BCUT2D eigenvalue weighted by Crippen LogP contribution is -2.47. The molecule has 0 unspecified atom stereocenters. The Morgan fingerprint density at radius 2 is 1.73 bits per heavy atom. The molecule has 0 radical (unpaired) electrons. The van der Waals surface area contributed by atoms with E-state index in [0.717, 1.165) is 5.56 Å². The van der Waals surface area contributed by atoms with Crippen LogP contribution in [0.5, 0.6) is 0 Å². The molecule has 0 bridgehead atoms. The van der Waals surface area contributed by atoms with Gasteiger partial charge in [-0.1, -0.05) is 47.2 Å². The summed E-state index contributed by atoms with van der Waals surface area (Å²) in [6, 6.07) is 12.6. The van der Waals surface area contributed by atoms with Gasteiger partial charge in [-0.05, 0) is 71.9 Å². The lowest BCUT2D eigenvalue weighted by atomic mass is 10.0. The molecule has 2 aromatic carbocycles. The van der Waals surface area contributed by atoms with E-state index < -0.39 is 17.2 Å². The second-order valence-corrected chi connectivity index (χ2v) is 11.7. The third-order valence-corrected chi connectivity index (χ3v) is 6.10. The highest BCUT2D eigenvalue weighted by Gasteiger charge is 2.27. The van der Waals surface area contributed by atoms with Gasteiger partial charge >= 0.3 is 6.09 Å². The number of halogens is 2. The first-order valence-corrected chi connectivity index (χ1v) is 13.4. The number of hydrogen-bond acceptors (Lipinski definition) is 5. The minimum atomic E-state index is -0.598. The summed E-state index contributed by atoms with van der Waals surface area (Å²) >= 11 is 12.8. The fraction of sp³-hybridized carbons (Fsp3) is 0.367. The van der Waals surface area contributed by atoms with E-state index in [1.165, 1.54) is 0 Å². The number of benzene rings is 2. The zero-order valence-corrected chi connectivity index (χ0v) is 25.3. The van der Waals surface area contributed by atoms with Gasteiger partial charge in [-0.3, -0.25) is 4.79 Å². The molecule has 0 atom stereocenters. The van der Waals surface area contributed by atoms with Crippen LogP contribution >= 0.6 is 23.2 Å². The fourth-order valence-electron chi connectivity index (χ4n) is 3.93. The van der Waals surface area contributed by atoms with Gasteiger partial charge in [-0.15, -0.1) is 0 Å². The summed E-state index contributed by atoms with van der Waals surface area (Å²) < 4.78 is 12.1. The second kappa shape index (κ2) is 12.8. The number of nitrogens with one attached hydrogen (secondary N) is 2. The number of amides is 2. The van der Waals surface area contributed by atoms with Crippen LogP contribution in [0.15, 0.2) is 42.5 Å². The zero-order valence-electron chi connectivity index (χ0n) is 23.7. The predicted molar refractivity (Wildman–Crippen MR) is 158 cm³/mol. The molecule has 1 aromatic heterocycles. The molecule has 3 rings (SSSR count). The van der Waals surface area contributed by atoms with Gasteiger partial charge in [0.05, 0.1) is 35.1 Å². The lowest BCUT2D eigenvalue weighted by molar-refractivity contribution is 0.0534. The Balaban J connectivity index is 1.95. The van der Waals surface area contributed by atoms with E-state index in [1.807, 2.05) is 32.9 Å². The van der Waals surface area contributed by atoms with Crippen LogP contribution in [0.2, 0.25) is 10.0 Å². The molecule has 10 heteroatoms. The van der Waals surface area contributed by atoms with E-state index in [-0.39, 0.29) is 18.1 Å². The molecular weight excluding hydrogens is 551 g/mol. The molecule has 2 N–H and O–H groups in total. The molecule has 40 heavy (non-hydrogen) atoms. The van der Waals surface area contributed by atoms with E-state index in [1.54, 1.807) is 62.9 Å². The Morgan fingerprint density at radius 1 is 1.05 bits per heavy atom. The molecule has 0 fully saturated rings. The lowest BCUT2D eigenvalue weighted by Gasteiger charge is -2.24. The Bertz CT molecular complexity index is 1450. The summed E-state index contributed by atoms with van der Waals surface area (Å²) in [6.45, 7) is 11.4. The maximum Gasteiger partial charge on any atom is 0.408 e. The summed E-state index contributed by atoms with van der Waals surface area (Å²) in [6.07, 6.45) is -0.538. The van der Waals surface area contributed by atoms with Crippen LogP contribution in [0.25, 0.3) is 16.9 Å². The Morgan fingerprint density at radius 3 is 2.33 bits per heavy atom. The maximum absolute atomic E-state index is 13.3. The molecule has 0 aliphatic rings. The van der Waals surface area contributed by atoms with Crippen LogP contribution in [0.4, 0.5) is 4.79 Å². The summed E-state index contributed by atoms with van der Waals surface area (Å²) in [5.41, 5.74) is 2.50. The fourth-order valence-corrected chi connectivity index (χ4v) is 4.32. The normalized spacial score (nSPS) is 11.4. The van der Waals surface area contributed by atoms with E-state index >= 15 is 0 Å². The minimum absolute atomic E-state index is 0.116. The van der Waals surface area contributed by atoms with Crippen molar-refractivity contribution in [3.05, 3.63) is 69.3 Å². The van der Waals surface area contributed by atoms with Gasteiger partial charge in [0.15, 0.2) is 5.69 Å². The monoisotopic (exact) mass is 584 g/mol. The molecule has 1 heterocycles. The van der Waals surface area contributed by atoms with Gasteiger partial charge in [0.1, 0.15) is 5.60 Å². The minimum Gasteiger partial charge on any atom is -0.444 e. The quantitative estimate of drug-likeness (QED) is 0.323. The molecule has 3 aromatic rings. The van der Waals surface area contributed by atoms with Crippen molar-refractivity contribution in [2.75, 3.05) is 20.3 Å². The SMILES string of the molecule is COCC(C)(C)NC(=O)c1nn(-c2ccc(C#CCNC(=O)OC(C)(C)C)cc2Cl)c(-c2ccc(Cl)cc2)c1C. The van der Waals surface area contributed by atoms with Crippen molar-refractivity contribution in [1.82, 2.24) is 20.4 Å². The number of aromatic nitrogens is 2. The van der Waals surface area contributed by atoms with E-state index in [9.17, 15) is 9.59 Å². The Hall–Kier alpha value is -3.51. The average molecular weight is 586 g/mol. The van der Waals surface area contributed by atoms with Gasteiger partial charge < -0.3 is 20.1 Å². The Kier molecular flexibility index (Phi) is 9.91. The van der Waals surface area contributed by atoms with Gasteiger partial charge in [-0.2, -0.15) is 5.10 Å². The molecule has 212 valence electrons. The number of nitrogens with zero attached hydrogens (tertiary/aromatic N) is 2. The number of ether oxygens (including phenoxy) is 2. The number of carbonyl (C=O) groups excluding carboxylic acids is 2. The molecule has 0 spiro atoms. The Labute approximate surface area is 245 Å². The highest BCUT2D eigenvalue weighted by molar-refractivity contribution is 6.32. The molecule has 0 saturated carbocycles. The molecule has 2 amide bonds. The van der Waals surface area contributed by atoms with Crippen LogP contribution in [0.3, 0.4) is 0 Å². The molecule has 0 aliphatic carbocycles. The molecule has 0 aliphatic heterocycles. The second-order valence-electron chi connectivity index (χ2n) is 10.8. The van der Waals surface area contributed by atoms with Crippen LogP contribution in [-0.4, -0.2) is 53.2 Å². The van der Waals surface area contributed by atoms with Crippen LogP contribution < -0.4 is 10.6 Å². The maximum atomic E-state index is 13.3. The van der Waals surface area contributed by atoms with Crippen molar-refractivity contribution in [3.63, 3.8) is 0 Å². The van der Waals surface area contributed by atoms with Crippen molar-refractivity contribution < 1.29 is 19.1 Å². The summed E-state index contributed by atoms with van der Waals surface area (Å²) in [7, 11) is 1.58. The first kappa shape index (κ1) is 31.0. The number of rotatable bonds is 7. The van der Waals surface area contributed by atoms with Crippen LogP contribution in [-0.2, 0) is 9.47 Å². The van der Waals surface area contributed by atoms with Gasteiger partial charge in [0.2, 0.25) is 0 Å². The first-order valence-electron chi connectivity index (χ1n) is 12.6. The van der Waals surface area contributed by atoms with Crippen molar-refractivity contribution in [2.45, 2.75) is 52.7 Å². The molecule has 8 nitrogen and oxygen atoms in total. The van der Waals surface area contributed by atoms with Gasteiger partial charge in [0, 0.05) is 28.8 Å². The van der Waals surface area contributed by atoms with Gasteiger partial charge in [-0.25, -0.2) is 9.48 Å². The van der Waals surface area contributed by atoms with Crippen LogP contribution in [0, 0.1) is 18.8 Å². The highest BCUT2D eigenvalue weighted by Crippen LogP contribution is 2.32. The largest absolute Gasteiger partial charge is 0.444 e. The number of carbonyl (C=O) groups is 2. The average Bonchev–Trinajstić information content (AvgIpc) is 3.18. The van der Waals surface area contributed by atoms with Gasteiger partial charge in [0.25, 0.3) is 5.91 Å². The summed E-state index contributed by atoms with van der Waals surface area (Å²) in [5.74, 6) is 5.54. The number of alkyl carbamates (subject to hydrolysis) is 1. The first-order chi connectivity index (χ1) is 18.7. The van der Waals surface area contributed by atoms with Crippen molar-refractivity contribution in [2.24, 2.45) is 0 Å². The van der Waals surface area contributed by atoms with Crippen molar-refractivity contribution >= 4 is 35.2 Å². The predicted octanol–water partition coefficient (Wildman–Crippen LogP) is 6.19. The number of hydrogen-bond donors (Lipinski definition) is 2. The third kappa shape index (κ3) is 8.25. The third-order valence-electron chi connectivity index (χ3n) is 5.54. The van der Waals surface area contributed by atoms with E-state index in [4.69, 9.17) is 32.7 Å². The van der Waals surface area contributed by atoms with Crippen molar-refractivity contribution in [3.8, 4) is 28.8 Å². The van der Waals surface area contributed by atoms with E-state index in [0.29, 0.717) is 39.2 Å². The zero-order chi connectivity index (χ0) is 29.7. The number of methoxy groups -OCH3 is 1. The topological polar surface area (TPSA) is 94.5 Å². The summed E-state index contributed by atoms with van der Waals surface area (Å²) in [5, 5.41) is 11.2. The standard InChI is InChI=1S/C30H34Cl2N4O4/c1-19-25(27(37)34-30(5,6)18-39-7)35-36(26(19)21-11-13-22(31)14-12-21)24-15-10-20(17-23(24)32)9-8-16-33-28(38)40-29(2,3)4/h10-15,17H,16,18H2,1-7H3,(H,33,38)(H,34,37). The molecular formula is C30H34Cl2N4O4. The van der Waals surface area contributed by atoms with Crippen molar-refractivity contribution in [1.29, 1.82) is 0 Å². The van der Waals surface area contributed by atoms with E-state index in [2.05, 4.69) is 27.6 Å². The highest BCUT2D eigenvalue weighted by atomic mass is 35.5. The van der Waals surface area contributed by atoms with Crippen LogP contribution in [0.1, 0.15) is 56.2 Å².